The Hall–Kier alpha value is -2.17. The largest absolute Gasteiger partial charge is 0.484 e. The fourth-order valence-corrected chi connectivity index (χ4v) is 4.09. The number of amides is 1. The molecule has 10 heteroatoms. The van der Waals surface area contributed by atoms with Gasteiger partial charge in [0, 0.05) is 25.0 Å². The molecular weight excluding hydrogens is 419 g/mol. The third-order valence-electron chi connectivity index (χ3n) is 4.97. The van der Waals surface area contributed by atoms with Crippen molar-refractivity contribution in [2.24, 2.45) is 0 Å². The molecule has 3 rings (SSSR count). The zero-order chi connectivity index (χ0) is 21.9. The van der Waals surface area contributed by atoms with E-state index in [4.69, 9.17) is 9.47 Å². The molecule has 1 saturated heterocycles. The van der Waals surface area contributed by atoms with Crippen LogP contribution in [0.25, 0.3) is 0 Å². The van der Waals surface area contributed by atoms with Gasteiger partial charge in [-0.15, -0.1) is 11.3 Å². The van der Waals surface area contributed by atoms with Gasteiger partial charge in [0.15, 0.2) is 11.6 Å². The van der Waals surface area contributed by atoms with Crippen LogP contribution in [0, 0.1) is 0 Å². The molecule has 3 unspecified atom stereocenters. The van der Waals surface area contributed by atoms with Crippen molar-refractivity contribution in [1.82, 2.24) is 15.2 Å². The number of ether oxygens (including phenoxy) is 2. The van der Waals surface area contributed by atoms with Crippen molar-refractivity contribution in [3.05, 3.63) is 45.9 Å². The molecular formula is C20H24F3N3O3S. The fraction of sp³-hybridized carbons (Fsp3) is 0.500. The number of alkyl halides is 3. The van der Waals surface area contributed by atoms with Gasteiger partial charge in [-0.2, -0.15) is 13.2 Å². The van der Waals surface area contributed by atoms with E-state index in [1.165, 1.54) is 5.38 Å². The van der Waals surface area contributed by atoms with Crippen molar-refractivity contribution in [1.29, 1.82) is 0 Å². The lowest BCUT2D eigenvalue weighted by atomic mass is 10.1. The SMILES string of the molecule is CNC(=O)COc1ccc(CC(C)N2CC(c3csc(C(F)(F)F)n3)OC2C)cc1. The summed E-state index contributed by atoms with van der Waals surface area (Å²) in [4.78, 5) is 17.1. The number of hydrogen-bond donors (Lipinski definition) is 1. The molecule has 0 spiro atoms. The Kier molecular flexibility index (Phi) is 6.99. The molecule has 30 heavy (non-hydrogen) atoms. The van der Waals surface area contributed by atoms with Crippen molar-refractivity contribution in [3.63, 3.8) is 0 Å². The molecule has 1 fully saturated rings. The molecule has 1 N–H and O–H groups in total. The van der Waals surface area contributed by atoms with Crippen LogP contribution in [-0.4, -0.2) is 48.3 Å². The predicted molar refractivity (Wildman–Crippen MR) is 106 cm³/mol. The van der Waals surface area contributed by atoms with E-state index < -0.39 is 17.3 Å². The lowest BCUT2D eigenvalue weighted by Gasteiger charge is -2.26. The minimum Gasteiger partial charge on any atom is -0.484 e. The van der Waals surface area contributed by atoms with Crippen molar-refractivity contribution in [2.45, 2.75) is 44.8 Å². The highest BCUT2D eigenvalue weighted by molar-refractivity contribution is 7.09. The number of hydrogen-bond acceptors (Lipinski definition) is 6. The zero-order valence-electron chi connectivity index (χ0n) is 16.9. The van der Waals surface area contributed by atoms with E-state index in [0.717, 1.165) is 12.0 Å². The molecule has 1 aliphatic rings. The van der Waals surface area contributed by atoms with Crippen LogP contribution in [0.1, 0.15) is 36.2 Å². The monoisotopic (exact) mass is 443 g/mol. The average Bonchev–Trinajstić information content (AvgIpc) is 3.34. The molecule has 1 amide bonds. The average molecular weight is 443 g/mol. The van der Waals surface area contributed by atoms with Crippen LogP contribution >= 0.6 is 11.3 Å². The second kappa shape index (κ2) is 9.32. The number of rotatable bonds is 7. The molecule has 0 radical (unpaired) electrons. The highest BCUT2D eigenvalue weighted by Crippen LogP contribution is 2.36. The summed E-state index contributed by atoms with van der Waals surface area (Å²) in [5.74, 6) is 0.407. The van der Waals surface area contributed by atoms with Gasteiger partial charge in [-0.05, 0) is 38.0 Å². The Morgan fingerprint density at radius 3 is 2.70 bits per heavy atom. The Labute approximate surface area is 177 Å². The second-order valence-electron chi connectivity index (χ2n) is 7.16. The number of benzene rings is 1. The first-order valence-corrected chi connectivity index (χ1v) is 10.4. The first-order chi connectivity index (χ1) is 14.2. The summed E-state index contributed by atoms with van der Waals surface area (Å²) in [6, 6.07) is 7.61. The number of nitrogens with zero attached hydrogens (tertiary/aromatic N) is 2. The Morgan fingerprint density at radius 1 is 1.40 bits per heavy atom. The highest BCUT2D eigenvalue weighted by atomic mass is 32.1. The summed E-state index contributed by atoms with van der Waals surface area (Å²) < 4.78 is 49.7. The third-order valence-corrected chi connectivity index (χ3v) is 5.87. The Bertz CT molecular complexity index is 857. The van der Waals surface area contributed by atoms with Crippen molar-refractivity contribution in [2.75, 3.05) is 20.2 Å². The number of thiazole rings is 1. The summed E-state index contributed by atoms with van der Waals surface area (Å²) in [5.41, 5.74) is 1.41. The van der Waals surface area contributed by atoms with E-state index >= 15 is 0 Å². The molecule has 164 valence electrons. The van der Waals surface area contributed by atoms with Crippen LogP contribution < -0.4 is 10.1 Å². The summed E-state index contributed by atoms with van der Waals surface area (Å²) in [6.45, 7) is 4.39. The van der Waals surface area contributed by atoms with E-state index in [0.29, 0.717) is 29.3 Å². The van der Waals surface area contributed by atoms with Gasteiger partial charge >= 0.3 is 6.18 Å². The van der Waals surface area contributed by atoms with E-state index in [2.05, 4.69) is 22.1 Å². The molecule has 2 heterocycles. The fourth-order valence-electron chi connectivity index (χ4n) is 3.37. The van der Waals surface area contributed by atoms with Crippen LogP contribution in [-0.2, 0) is 22.1 Å². The van der Waals surface area contributed by atoms with Crippen molar-refractivity contribution in [3.8, 4) is 5.75 Å². The highest BCUT2D eigenvalue weighted by Gasteiger charge is 2.38. The van der Waals surface area contributed by atoms with Crippen LogP contribution in [0.3, 0.4) is 0 Å². The molecule has 0 bridgehead atoms. The van der Waals surface area contributed by atoms with Gasteiger partial charge < -0.3 is 14.8 Å². The summed E-state index contributed by atoms with van der Waals surface area (Å²) in [7, 11) is 1.55. The Balaban J connectivity index is 1.57. The number of aromatic nitrogens is 1. The molecule has 3 atom stereocenters. The van der Waals surface area contributed by atoms with Gasteiger partial charge in [0.1, 0.15) is 18.1 Å². The lowest BCUT2D eigenvalue weighted by Crippen LogP contribution is -2.37. The number of likely N-dealkylation sites (N-methyl/N-ethyl adjacent to an activating group) is 1. The Morgan fingerprint density at radius 2 is 2.10 bits per heavy atom. The molecule has 0 saturated carbocycles. The van der Waals surface area contributed by atoms with E-state index in [9.17, 15) is 18.0 Å². The minimum absolute atomic E-state index is 0.0387. The minimum atomic E-state index is -4.43. The number of carbonyl (C=O) groups excluding carboxylic acids is 1. The normalized spacial score (nSPS) is 20.9. The predicted octanol–water partition coefficient (Wildman–Crippen LogP) is 3.64. The maximum Gasteiger partial charge on any atom is 0.443 e. The first kappa shape index (κ1) is 22.5. The van der Waals surface area contributed by atoms with Crippen LogP contribution in [0.2, 0.25) is 0 Å². The number of nitrogens with one attached hydrogen (secondary N) is 1. The molecule has 1 aromatic heterocycles. The van der Waals surface area contributed by atoms with E-state index in [1.54, 1.807) is 7.05 Å². The van der Waals surface area contributed by atoms with Crippen molar-refractivity contribution >= 4 is 17.2 Å². The molecule has 0 aliphatic carbocycles. The van der Waals surface area contributed by atoms with Crippen LogP contribution in [0.15, 0.2) is 29.6 Å². The smallest absolute Gasteiger partial charge is 0.443 e. The van der Waals surface area contributed by atoms with E-state index in [1.807, 2.05) is 31.2 Å². The second-order valence-corrected chi connectivity index (χ2v) is 8.01. The van der Waals surface area contributed by atoms with Gasteiger partial charge in [0.25, 0.3) is 5.91 Å². The maximum atomic E-state index is 12.8. The molecule has 2 aromatic rings. The topological polar surface area (TPSA) is 63.7 Å². The van der Waals surface area contributed by atoms with Crippen LogP contribution in [0.5, 0.6) is 5.75 Å². The molecule has 1 aliphatic heterocycles. The van der Waals surface area contributed by atoms with Gasteiger partial charge in [-0.25, -0.2) is 4.98 Å². The lowest BCUT2D eigenvalue weighted by molar-refractivity contribution is -0.137. The van der Waals surface area contributed by atoms with Gasteiger partial charge in [-0.3, -0.25) is 9.69 Å². The molecule has 6 nitrogen and oxygen atoms in total. The maximum absolute atomic E-state index is 12.8. The quantitative estimate of drug-likeness (QED) is 0.708. The first-order valence-electron chi connectivity index (χ1n) is 9.53. The summed E-state index contributed by atoms with van der Waals surface area (Å²) >= 11 is 0.594. The van der Waals surface area contributed by atoms with Gasteiger partial charge in [-0.1, -0.05) is 12.1 Å². The number of carbonyl (C=O) groups is 1. The van der Waals surface area contributed by atoms with Gasteiger partial charge in [0.05, 0.1) is 5.69 Å². The van der Waals surface area contributed by atoms with E-state index in [-0.39, 0.29) is 24.8 Å². The summed E-state index contributed by atoms with van der Waals surface area (Å²) in [5, 5.41) is 3.07. The third kappa shape index (κ3) is 5.50. The van der Waals surface area contributed by atoms with Crippen molar-refractivity contribution < 1.29 is 27.4 Å². The summed E-state index contributed by atoms with van der Waals surface area (Å²) in [6.07, 6.45) is -4.40. The molecule has 1 aromatic carbocycles. The zero-order valence-corrected chi connectivity index (χ0v) is 17.7. The standard InChI is InChI=1S/C20H24F3N3O3S/c1-12(8-14-4-6-15(7-5-14)28-10-18(27)24-3)26-9-17(29-13(26)2)16-11-30-19(25-16)20(21,22)23/h4-7,11-13,17H,8-10H2,1-3H3,(H,24,27). The number of halogens is 3. The van der Waals surface area contributed by atoms with Gasteiger partial charge in [0.2, 0.25) is 0 Å². The van der Waals surface area contributed by atoms with Crippen LogP contribution in [0.4, 0.5) is 13.2 Å².